The standard InChI is InChI=1S/C23H26N4O2/c1-3-26-11-13-27(14-12-26)18-7-8-20(22(15-18)29-2)23(28)25-21-6-4-5-17-16-24-10-9-19(17)21/h4-10,15-16H,3,11-14H2,1-2H3,(H,25,28). The van der Waals surface area contributed by atoms with E-state index in [-0.39, 0.29) is 5.91 Å². The van der Waals surface area contributed by atoms with Crippen LogP contribution in [-0.4, -0.2) is 55.6 Å². The Morgan fingerprint density at radius 1 is 1.14 bits per heavy atom. The van der Waals surface area contributed by atoms with Gasteiger partial charge in [-0.2, -0.15) is 0 Å². The van der Waals surface area contributed by atoms with Crippen LogP contribution in [0.15, 0.2) is 54.9 Å². The van der Waals surface area contributed by atoms with Gasteiger partial charge in [0, 0.05) is 66.8 Å². The molecule has 0 radical (unpaired) electrons. The summed E-state index contributed by atoms with van der Waals surface area (Å²) >= 11 is 0. The predicted octanol–water partition coefficient (Wildman–Crippen LogP) is 3.64. The number of nitrogens with one attached hydrogen (secondary N) is 1. The van der Waals surface area contributed by atoms with E-state index < -0.39 is 0 Å². The number of carbonyl (C=O) groups is 1. The molecule has 1 aliphatic heterocycles. The molecule has 0 aliphatic carbocycles. The first kappa shape index (κ1) is 19.2. The largest absolute Gasteiger partial charge is 0.496 e. The van der Waals surface area contributed by atoms with Crippen LogP contribution in [0.25, 0.3) is 10.8 Å². The predicted molar refractivity (Wildman–Crippen MR) is 117 cm³/mol. The van der Waals surface area contributed by atoms with Gasteiger partial charge in [0.05, 0.1) is 12.7 Å². The van der Waals surface area contributed by atoms with Crippen molar-refractivity contribution < 1.29 is 9.53 Å². The molecule has 1 fully saturated rings. The molecular formula is C23H26N4O2. The molecule has 29 heavy (non-hydrogen) atoms. The number of ether oxygens (including phenoxy) is 1. The number of nitrogens with zero attached hydrogens (tertiary/aromatic N) is 3. The number of amides is 1. The number of likely N-dealkylation sites (N-methyl/N-ethyl adjacent to an activating group) is 1. The zero-order valence-electron chi connectivity index (χ0n) is 16.9. The van der Waals surface area contributed by atoms with Gasteiger partial charge in [-0.05, 0) is 30.8 Å². The number of hydrogen-bond donors (Lipinski definition) is 1. The number of pyridine rings is 1. The summed E-state index contributed by atoms with van der Waals surface area (Å²) in [5.74, 6) is 0.397. The van der Waals surface area contributed by atoms with Gasteiger partial charge < -0.3 is 19.9 Å². The lowest BCUT2D eigenvalue weighted by molar-refractivity contribution is 0.102. The van der Waals surface area contributed by atoms with Crippen LogP contribution in [0.3, 0.4) is 0 Å². The van der Waals surface area contributed by atoms with Crippen LogP contribution in [0, 0.1) is 0 Å². The van der Waals surface area contributed by atoms with Gasteiger partial charge in [0.1, 0.15) is 5.75 Å². The van der Waals surface area contributed by atoms with E-state index in [1.807, 2.05) is 42.5 Å². The lowest BCUT2D eigenvalue weighted by Gasteiger charge is -2.35. The molecule has 150 valence electrons. The summed E-state index contributed by atoms with van der Waals surface area (Å²) in [6.45, 7) is 7.34. The van der Waals surface area contributed by atoms with Gasteiger partial charge in [-0.1, -0.05) is 19.1 Å². The van der Waals surface area contributed by atoms with E-state index in [9.17, 15) is 4.79 Å². The second-order valence-corrected chi connectivity index (χ2v) is 7.16. The van der Waals surface area contributed by atoms with E-state index in [1.165, 1.54) is 0 Å². The fourth-order valence-electron chi connectivity index (χ4n) is 3.81. The van der Waals surface area contributed by atoms with Crippen LogP contribution in [-0.2, 0) is 0 Å². The summed E-state index contributed by atoms with van der Waals surface area (Å²) in [4.78, 5) is 21.9. The zero-order valence-corrected chi connectivity index (χ0v) is 16.9. The van der Waals surface area contributed by atoms with Crippen LogP contribution in [0.2, 0.25) is 0 Å². The minimum absolute atomic E-state index is 0.187. The van der Waals surface area contributed by atoms with Crippen LogP contribution in [0.1, 0.15) is 17.3 Å². The Morgan fingerprint density at radius 3 is 2.72 bits per heavy atom. The zero-order chi connectivity index (χ0) is 20.2. The minimum Gasteiger partial charge on any atom is -0.496 e. The molecule has 1 saturated heterocycles. The van der Waals surface area contributed by atoms with E-state index in [4.69, 9.17) is 4.74 Å². The Hall–Kier alpha value is -3.12. The second kappa shape index (κ2) is 8.49. The lowest BCUT2D eigenvalue weighted by Crippen LogP contribution is -2.46. The van der Waals surface area contributed by atoms with Crippen molar-refractivity contribution in [2.24, 2.45) is 0 Å². The van der Waals surface area contributed by atoms with Gasteiger partial charge in [-0.15, -0.1) is 0 Å². The molecule has 6 heteroatoms. The van der Waals surface area contributed by atoms with Gasteiger partial charge >= 0.3 is 0 Å². The normalized spacial score (nSPS) is 14.8. The Balaban J connectivity index is 1.55. The van der Waals surface area contributed by atoms with E-state index in [2.05, 4.69) is 27.0 Å². The van der Waals surface area contributed by atoms with Gasteiger partial charge in [0.2, 0.25) is 0 Å². The number of hydrogen-bond acceptors (Lipinski definition) is 5. The van der Waals surface area contributed by atoms with Crippen LogP contribution in [0.4, 0.5) is 11.4 Å². The highest BCUT2D eigenvalue weighted by Gasteiger charge is 2.19. The maximum absolute atomic E-state index is 13.0. The van der Waals surface area contributed by atoms with Crippen LogP contribution < -0.4 is 15.0 Å². The summed E-state index contributed by atoms with van der Waals surface area (Å²) < 4.78 is 5.56. The number of carbonyl (C=O) groups excluding carboxylic acids is 1. The molecule has 1 amide bonds. The number of aromatic nitrogens is 1. The number of piperazine rings is 1. The van der Waals surface area contributed by atoms with E-state index in [0.29, 0.717) is 11.3 Å². The van der Waals surface area contributed by atoms with Gasteiger partial charge in [0.25, 0.3) is 5.91 Å². The van der Waals surface area contributed by atoms with Crippen LogP contribution in [0.5, 0.6) is 5.75 Å². The van der Waals surface area contributed by atoms with Crippen molar-refractivity contribution in [3.63, 3.8) is 0 Å². The van der Waals surface area contributed by atoms with Crippen molar-refractivity contribution in [2.75, 3.05) is 50.1 Å². The molecule has 0 saturated carbocycles. The maximum atomic E-state index is 13.0. The van der Waals surface area contributed by atoms with Crippen molar-refractivity contribution in [2.45, 2.75) is 6.92 Å². The van der Waals surface area contributed by atoms with Gasteiger partial charge in [-0.25, -0.2) is 0 Å². The molecule has 2 heterocycles. The Bertz CT molecular complexity index is 1010. The highest BCUT2D eigenvalue weighted by Crippen LogP contribution is 2.28. The molecule has 0 spiro atoms. The highest BCUT2D eigenvalue weighted by atomic mass is 16.5. The monoisotopic (exact) mass is 390 g/mol. The Kier molecular flexibility index (Phi) is 5.62. The minimum atomic E-state index is -0.187. The molecule has 6 nitrogen and oxygen atoms in total. The second-order valence-electron chi connectivity index (χ2n) is 7.16. The van der Waals surface area contributed by atoms with Gasteiger partial charge in [0.15, 0.2) is 0 Å². The maximum Gasteiger partial charge on any atom is 0.259 e. The molecule has 1 aromatic heterocycles. The van der Waals surface area contributed by atoms with Crippen molar-refractivity contribution in [3.8, 4) is 5.75 Å². The molecule has 2 aromatic carbocycles. The first-order valence-corrected chi connectivity index (χ1v) is 9.99. The number of anilines is 2. The summed E-state index contributed by atoms with van der Waals surface area (Å²) in [6.07, 6.45) is 3.52. The summed E-state index contributed by atoms with van der Waals surface area (Å²) in [5, 5.41) is 4.96. The molecule has 0 unspecified atom stereocenters. The number of rotatable bonds is 5. The molecule has 3 aromatic rings. The number of methoxy groups -OCH3 is 1. The van der Waals surface area contributed by atoms with Crippen molar-refractivity contribution >= 4 is 28.1 Å². The third-order valence-corrected chi connectivity index (χ3v) is 5.54. The van der Waals surface area contributed by atoms with Gasteiger partial charge in [-0.3, -0.25) is 9.78 Å². The summed E-state index contributed by atoms with van der Waals surface area (Å²) in [5.41, 5.74) is 2.37. The summed E-state index contributed by atoms with van der Waals surface area (Å²) in [7, 11) is 1.61. The Morgan fingerprint density at radius 2 is 1.97 bits per heavy atom. The molecule has 4 rings (SSSR count). The quantitative estimate of drug-likeness (QED) is 0.721. The van der Waals surface area contributed by atoms with E-state index in [0.717, 1.165) is 54.9 Å². The topological polar surface area (TPSA) is 57.7 Å². The SMILES string of the molecule is CCN1CCN(c2ccc(C(=O)Nc3cccc4cnccc34)c(OC)c2)CC1. The molecule has 1 N–H and O–H groups in total. The summed E-state index contributed by atoms with van der Waals surface area (Å²) in [6, 6.07) is 13.5. The van der Waals surface area contributed by atoms with Crippen LogP contribution >= 0.6 is 0 Å². The first-order chi connectivity index (χ1) is 14.2. The smallest absolute Gasteiger partial charge is 0.259 e. The van der Waals surface area contributed by atoms with E-state index in [1.54, 1.807) is 19.5 Å². The third kappa shape index (κ3) is 4.03. The fourth-order valence-corrected chi connectivity index (χ4v) is 3.81. The Labute approximate surface area is 171 Å². The third-order valence-electron chi connectivity index (χ3n) is 5.54. The van der Waals surface area contributed by atoms with Crippen molar-refractivity contribution in [1.29, 1.82) is 0 Å². The van der Waals surface area contributed by atoms with E-state index >= 15 is 0 Å². The fraction of sp³-hybridized carbons (Fsp3) is 0.304. The molecule has 1 aliphatic rings. The average molecular weight is 390 g/mol. The molecule has 0 bridgehead atoms. The van der Waals surface area contributed by atoms with Crippen molar-refractivity contribution in [3.05, 3.63) is 60.4 Å². The highest BCUT2D eigenvalue weighted by molar-refractivity contribution is 6.10. The number of benzene rings is 2. The average Bonchev–Trinajstić information content (AvgIpc) is 2.79. The molecular weight excluding hydrogens is 364 g/mol. The lowest BCUT2D eigenvalue weighted by atomic mass is 10.1. The number of fused-ring (bicyclic) bond motifs is 1. The first-order valence-electron chi connectivity index (χ1n) is 9.99. The molecule has 0 atom stereocenters. The van der Waals surface area contributed by atoms with Crippen molar-refractivity contribution in [1.82, 2.24) is 9.88 Å².